The molecule has 1 saturated heterocycles. The van der Waals surface area contributed by atoms with E-state index in [9.17, 15) is 8.78 Å². The first kappa shape index (κ1) is 11.8. The van der Waals surface area contributed by atoms with Crippen LogP contribution < -0.4 is 5.73 Å². The lowest BCUT2D eigenvalue weighted by molar-refractivity contribution is -0.0416. The van der Waals surface area contributed by atoms with Gasteiger partial charge in [-0.15, -0.1) is 0 Å². The number of alkyl halides is 2. The van der Waals surface area contributed by atoms with Crippen LogP contribution in [0, 0.1) is 0 Å². The third-order valence-corrected chi connectivity index (χ3v) is 2.62. The Kier molecular flexibility index (Phi) is 4.22. The molecule has 5 heteroatoms. The monoisotopic (exact) mass is 208 g/mol. The van der Waals surface area contributed by atoms with Crippen molar-refractivity contribution >= 4 is 0 Å². The van der Waals surface area contributed by atoms with Gasteiger partial charge >= 0.3 is 0 Å². The Morgan fingerprint density at radius 2 is 2.00 bits per heavy atom. The number of rotatable bonds is 4. The fraction of sp³-hybridized carbons (Fsp3) is 1.00. The van der Waals surface area contributed by atoms with Crippen LogP contribution >= 0.6 is 0 Å². The summed E-state index contributed by atoms with van der Waals surface area (Å²) < 4.78 is 31.0. The summed E-state index contributed by atoms with van der Waals surface area (Å²) in [5.41, 5.74) is 4.98. The standard InChI is InChI=1S/C9H18F2N2O/c1-14-8-2-4-13(5-3-8)7-9(10,11)6-12/h8H,2-7,12H2,1H3. The van der Waals surface area contributed by atoms with Crippen molar-refractivity contribution in [2.45, 2.75) is 24.9 Å². The molecule has 0 spiro atoms. The molecule has 0 aromatic heterocycles. The van der Waals surface area contributed by atoms with Crippen molar-refractivity contribution in [2.75, 3.05) is 33.3 Å². The van der Waals surface area contributed by atoms with Gasteiger partial charge in [0, 0.05) is 20.2 Å². The maximum Gasteiger partial charge on any atom is 0.272 e. The summed E-state index contributed by atoms with van der Waals surface area (Å²) in [6.45, 7) is 0.555. The predicted octanol–water partition coefficient (Wildman–Crippen LogP) is 0.691. The van der Waals surface area contributed by atoms with Crippen molar-refractivity contribution in [3.63, 3.8) is 0 Å². The Bertz CT molecular complexity index is 170. The maximum atomic E-state index is 12.9. The molecule has 0 unspecified atom stereocenters. The summed E-state index contributed by atoms with van der Waals surface area (Å²) in [6, 6.07) is 0. The predicted molar refractivity (Wildman–Crippen MR) is 50.5 cm³/mol. The van der Waals surface area contributed by atoms with Gasteiger partial charge in [0.05, 0.1) is 19.2 Å². The zero-order chi connectivity index (χ0) is 10.6. The van der Waals surface area contributed by atoms with Crippen LogP contribution in [0.5, 0.6) is 0 Å². The second-order valence-electron chi connectivity index (χ2n) is 3.77. The summed E-state index contributed by atoms with van der Waals surface area (Å²) in [5, 5.41) is 0. The number of nitrogens with two attached hydrogens (primary N) is 1. The van der Waals surface area contributed by atoms with Gasteiger partial charge < -0.3 is 10.5 Å². The first-order valence-corrected chi connectivity index (χ1v) is 4.90. The maximum absolute atomic E-state index is 12.9. The summed E-state index contributed by atoms with van der Waals surface area (Å²) in [7, 11) is 1.66. The van der Waals surface area contributed by atoms with Crippen LogP contribution in [0.3, 0.4) is 0 Å². The quantitative estimate of drug-likeness (QED) is 0.738. The molecular formula is C9H18F2N2O. The summed E-state index contributed by atoms with van der Waals surface area (Å²) >= 11 is 0. The summed E-state index contributed by atoms with van der Waals surface area (Å²) in [4.78, 5) is 1.75. The van der Waals surface area contributed by atoms with Gasteiger partial charge in [0.15, 0.2) is 0 Å². The van der Waals surface area contributed by atoms with E-state index >= 15 is 0 Å². The van der Waals surface area contributed by atoms with Crippen LogP contribution in [0.2, 0.25) is 0 Å². The first-order chi connectivity index (χ1) is 6.57. The van der Waals surface area contributed by atoms with Gasteiger partial charge in [0.1, 0.15) is 0 Å². The number of hydrogen-bond donors (Lipinski definition) is 1. The molecule has 84 valence electrons. The van der Waals surface area contributed by atoms with Crippen molar-refractivity contribution in [2.24, 2.45) is 5.73 Å². The van der Waals surface area contributed by atoms with E-state index in [1.807, 2.05) is 0 Å². The van der Waals surface area contributed by atoms with E-state index in [4.69, 9.17) is 10.5 Å². The van der Waals surface area contributed by atoms with Gasteiger partial charge in [0.2, 0.25) is 0 Å². The number of piperidine rings is 1. The number of methoxy groups -OCH3 is 1. The van der Waals surface area contributed by atoms with E-state index in [2.05, 4.69) is 0 Å². The Hall–Kier alpha value is -0.260. The van der Waals surface area contributed by atoms with E-state index in [0.29, 0.717) is 13.1 Å². The molecule has 14 heavy (non-hydrogen) atoms. The van der Waals surface area contributed by atoms with Crippen LogP contribution in [0.4, 0.5) is 8.78 Å². The Balaban J connectivity index is 2.28. The molecule has 0 aromatic carbocycles. The Morgan fingerprint density at radius 3 is 2.43 bits per heavy atom. The minimum absolute atomic E-state index is 0.222. The zero-order valence-corrected chi connectivity index (χ0v) is 8.51. The third kappa shape index (κ3) is 3.48. The van der Waals surface area contributed by atoms with E-state index in [1.165, 1.54) is 0 Å². The van der Waals surface area contributed by atoms with Crippen molar-refractivity contribution in [1.29, 1.82) is 0 Å². The molecule has 1 heterocycles. The van der Waals surface area contributed by atoms with E-state index < -0.39 is 12.5 Å². The highest BCUT2D eigenvalue weighted by Gasteiger charge is 2.31. The highest BCUT2D eigenvalue weighted by molar-refractivity contribution is 4.78. The topological polar surface area (TPSA) is 38.5 Å². The molecule has 1 aliphatic rings. The molecule has 1 aliphatic heterocycles. The largest absolute Gasteiger partial charge is 0.381 e. The second kappa shape index (κ2) is 5.00. The summed E-state index contributed by atoms with van der Waals surface area (Å²) in [6.07, 6.45) is 1.90. The van der Waals surface area contributed by atoms with Crippen molar-refractivity contribution < 1.29 is 13.5 Å². The number of likely N-dealkylation sites (tertiary alicyclic amines) is 1. The number of nitrogens with zero attached hydrogens (tertiary/aromatic N) is 1. The van der Waals surface area contributed by atoms with Crippen molar-refractivity contribution in [3.8, 4) is 0 Å². The lowest BCUT2D eigenvalue weighted by Crippen LogP contribution is -2.46. The summed E-state index contributed by atoms with van der Waals surface area (Å²) in [5.74, 6) is -2.75. The normalized spacial score (nSPS) is 21.4. The smallest absolute Gasteiger partial charge is 0.272 e. The molecule has 2 N–H and O–H groups in total. The van der Waals surface area contributed by atoms with Crippen LogP contribution in [0.25, 0.3) is 0 Å². The van der Waals surface area contributed by atoms with E-state index in [1.54, 1.807) is 12.0 Å². The minimum atomic E-state index is -2.75. The molecule has 0 saturated carbocycles. The van der Waals surface area contributed by atoms with Gasteiger partial charge in [0.25, 0.3) is 5.92 Å². The van der Waals surface area contributed by atoms with Crippen molar-refractivity contribution in [3.05, 3.63) is 0 Å². The van der Waals surface area contributed by atoms with Gasteiger partial charge in [-0.2, -0.15) is 0 Å². The van der Waals surface area contributed by atoms with Gasteiger partial charge in [-0.25, -0.2) is 8.78 Å². The molecule has 0 radical (unpaired) electrons. The third-order valence-electron chi connectivity index (χ3n) is 2.62. The molecule has 1 fully saturated rings. The Morgan fingerprint density at radius 1 is 1.43 bits per heavy atom. The lowest BCUT2D eigenvalue weighted by Gasteiger charge is -2.33. The number of ether oxygens (including phenoxy) is 1. The molecular weight excluding hydrogens is 190 g/mol. The fourth-order valence-electron chi connectivity index (χ4n) is 1.69. The van der Waals surface area contributed by atoms with Gasteiger partial charge in [-0.3, -0.25) is 4.90 Å². The average Bonchev–Trinajstić information content (AvgIpc) is 2.19. The SMILES string of the molecule is COC1CCN(CC(F)(F)CN)CC1. The van der Waals surface area contributed by atoms with E-state index in [0.717, 1.165) is 12.8 Å². The van der Waals surface area contributed by atoms with Crippen LogP contribution in [0.15, 0.2) is 0 Å². The molecule has 1 rings (SSSR count). The first-order valence-electron chi connectivity index (χ1n) is 4.90. The molecule has 0 amide bonds. The molecule has 0 bridgehead atoms. The molecule has 3 nitrogen and oxygen atoms in total. The molecule has 0 aliphatic carbocycles. The van der Waals surface area contributed by atoms with E-state index in [-0.39, 0.29) is 12.6 Å². The van der Waals surface area contributed by atoms with Crippen LogP contribution in [-0.4, -0.2) is 50.2 Å². The highest BCUT2D eigenvalue weighted by Crippen LogP contribution is 2.18. The lowest BCUT2D eigenvalue weighted by atomic mass is 10.1. The van der Waals surface area contributed by atoms with Crippen LogP contribution in [0.1, 0.15) is 12.8 Å². The number of halogens is 2. The van der Waals surface area contributed by atoms with Crippen LogP contribution in [-0.2, 0) is 4.74 Å². The molecule has 0 aromatic rings. The second-order valence-corrected chi connectivity index (χ2v) is 3.77. The minimum Gasteiger partial charge on any atom is -0.381 e. The van der Waals surface area contributed by atoms with Gasteiger partial charge in [-0.05, 0) is 12.8 Å². The number of hydrogen-bond acceptors (Lipinski definition) is 3. The van der Waals surface area contributed by atoms with Gasteiger partial charge in [-0.1, -0.05) is 0 Å². The zero-order valence-electron chi connectivity index (χ0n) is 8.51. The highest BCUT2D eigenvalue weighted by atomic mass is 19.3. The Labute approximate surface area is 83.2 Å². The fourth-order valence-corrected chi connectivity index (χ4v) is 1.69. The average molecular weight is 208 g/mol. The van der Waals surface area contributed by atoms with Crippen molar-refractivity contribution in [1.82, 2.24) is 4.90 Å². The molecule has 0 atom stereocenters.